The monoisotopic (exact) mass is 342 g/mol. The van der Waals surface area contributed by atoms with Crippen LogP contribution in [0.1, 0.15) is 21.6 Å². The third kappa shape index (κ3) is 4.46. The van der Waals surface area contributed by atoms with Gasteiger partial charge in [0.1, 0.15) is 10.7 Å². The maximum Gasteiger partial charge on any atom is 0.433 e. The Labute approximate surface area is 134 Å². The van der Waals surface area contributed by atoms with E-state index in [1.54, 1.807) is 18.2 Å². The molecule has 23 heavy (non-hydrogen) atoms. The van der Waals surface area contributed by atoms with Gasteiger partial charge in [0.05, 0.1) is 12.7 Å². The molecule has 0 saturated heterocycles. The quantitative estimate of drug-likeness (QED) is 0.862. The summed E-state index contributed by atoms with van der Waals surface area (Å²) in [5.74, 6) is -0.521. The molecule has 0 aliphatic rings. The predicted octanol–water partition coefficient (Wildman–Crippen LogP) is 3.50. The third-order valence-electron chi connectivity index (χ3n) is 2.87. The first-order chi connectivity index (χ1) is 10.8. The van der Waals surface area contributed by atoms with Gasteiger partial charge in [-0.05, 0) is 35.9 Å². The number of hydrogen-bond donors (Lipinski definition) is 1. The van der Waals surface area contributed by atoms with Crippen molar-refractivity contribution >= 4 is 17.7 Å². The maximum absolute atomic E-state index is 12.9. The number of ether oxygens (including phenoxy) is 1. The fourth-order valence-electron chi connectivity index (χ4n) is 1.80. The van der Waals surface area contributed by atoms with Crippen LogP contribution in [0.25, 0.3) is 0 Å². The second kappa shape index (κ2) is 7.01. The Bertz CT molecular complexity index is 720. The zero-order chi connectivity index (χ0) is 17.0. The number of halogens is 3. The minimum absolute atomic E-state index is 0.0264. The minimum atomic E-state index is -4.55. The summed E-state index contributed by atoms with van der Waals surface area (Å²) in [6.45, 7) is -0.0264. The maximum atomic E-state index is 12.9. The molecule has 1 aromatic heterocycles. The third-order valence-corrected chi connectivity index (χ3v) is 3.77. The number of alkyl halides is 3. The molecule has 0 fully saturated rings. The molecule has 0 aliphatic heterocycles. The van der Waals surface area contributed by atoms with Gasteiger partial charge in [0.2, 0.25) is 0 Å². The first-order valence-electron chi connectivity index (χ1n) is 6.48. The molecule has 1 aromatic carbocycles. The molecule has 0 saturated carbocycles. The van der Waals surface area contributed by atoms with E-state index in [2.05, 4.69) is 9.72 Å². The van der Waals surface area contributed by atoms with Crippen molar-refractivity contribution in [3.05, 3.63) is 53.2 Å². The van der Waals surface area contributed by atoms with Crippen molar-refractivity contribution < 1.29 is 22.7 Å². The molecule has 2 N–H and O–H groups in total. The Morgan fingerprint density at radius 3 is 2.65 bits per heavy atom. The fourth-order valence-corrected chi connectivity index (χ4v) is 2.73. The van der Waals surface area contributed by atoms with E-state index in [1.807, 2.05) is 0 Å². The fraction of sp³-hybridized carbons (Fsp3) is 0.200. The molecule has 2 rings (SSSR count). The summed E-state index contributed by atoms with van der Waals surface area (Å²) in [7, 11) is 1.25. The molecule has 0 aliphatic carbocycles. The number of nitrogens with zero attached hydrogens (tertiary/aromatic N) is 1. The number of hydrogen-bond acceptors (Lipinski definition) is 5. The molecule has 0 unspecified atom stereocenters. The molecule has 0 spiro atoms. The SMILES string of the molecule is COC(=O)c1cccc(Sc2cc(CN)cc(C(F)(F)F)n2)c1. The van der Waals surface area contributed by atoms with Crippen LogP contribution in [-0.2, 0) is 17.5 Å². The van der Waals surface area contributed by atoms with Crippen LogP contribution in [0.2, 0.25) is 0 Å². The normalized spacial score (nSPS) is 11.3. The number of carbonyl (C=O) groups is 1. The molecular formula is C15H13F3N2O2S. The summed E-state index contributed by atoms with van der Waals surface area (Å²) in [5.41, 5.74) is 5.09. The molecule has 0 radical (unpaired) electrons. The topological polar surface area (TPSA) is 65.2 Å². The van der Waals surface area contributed by atoms with Gasteiger partial charge in [-0.3, -0.25) is 0 Å². The molecule has 0 atom stereocenters. The minimum Gasteiger partial charge on any atom is -0.465 e. The van der Waals surface area contributed by atoms with Crippen LogP contribution in [0, 0.1) is 0 Å². The number of benzene rings is 1. The average molecular weight is 342 g/mol. The van der Waals surface area contributed by atoms with Crippen LogP contribution in [0.5, 0.6) is 0 Å². The van der Waals surface area contributed by atoms with Gasteiger partial charge in [-0.25, -0.2) is 9.78 Å². The summed E-state index contributed by atoms with van der Waals surface area (Å²) in [4.78, 5) is 15.7. The highest BCUT2D eigenvalue weighted by atomic mass is 32.2. The molecule has 4 nitrogen and oxygen atoms in total. The number of methoxy groups -OCH3 is 1. The van der Waals surface area contributed by atoms with Gasteiger partial charge in [-0.1, -0.05) is 17.8 Å². The zero-order valence-electron chi connectivity index (χ0n) is 12.1. The van der Waals surface area contributed by atoms with Gasteiger partial charge in [0.15, 0.2) is 0 Å². The van der Waals surface area contributed by atoms with E-state index in [1.165, 1.54) is 19.2 Å². The highest BCUT2D eigenvalue weighted by Crippen LogP contribution is 2.33. The lowest BCUT2D eigenvalue weighted by molar-refractivity contribution is -0.141. The van der Waals surface area contributed by atoms with Crippen LogP contribution in [0.4, 0.5) is 13.2 Å². The van der Waals surface area contributed by atoms with Gasteiger partial charge in [-0.2, -0.15) is 13.2 Å². The molecule has 8 heteroatoms. The van der Waals surface area contributed by atoms with E-state index < -0.39 is 17.8 Å². The van der Waals surface area contributed by atoms with Crippen molar-refractivity contribution in [2.75, 3.05) is 7.11 Å². The van der Waals surface area contributed by atoms with Crippen molar-refractivity contribution in [3.8, 4) is 0 Å². The van der Waals surface area contributed by atoms with E-state index in [9.17, 15) is 18.0 Å². The van der Waals surface area contributed by atoms with Gasteiger partial charge in [0.25, 0.3) is 0 Å². The lowest BCUT2D eigenvalue weighted by Crippen LogP contribution is -2.10. The van der Waals surface area contributed by atoms with Crippen LogP contribution in [0.3, 0.4) is 0 Å². The molecular weight excluding hydrogens is 329 g/mol. The smallest absolute Gasteiger partial charge is 0.433 e. The lowest BCUT2D eigenvalue weighted by atomic mass is 10.2. The number of rotatable bonds is 4. The van der Waals surface area contributed by atoms with E-state index >= 15 is 0 Å². The second-order valence-corrected chi connectivity index (χ2v) is 5.62. The van der Waals surface area contributed by atoms with Gasteiger partial charge in [-0.15, -0.1) is 0 Å². The average Bonchev–Trinajstić information content (AvgIpc) is 2.53. The Morgan fingerprint density at radius 2 is 2.04 bits per heavy atom. The van der Waals surface area contributed by atoms with Crippen molar-refractivity contribution in [2.45, 2.75) is 22.6 Å². The van der Waals surface area contributed by atoms with Crippen molar-refractivity contribution in [1.29, 1.82) is 0 Å². The number of nitrogens with two attached hydrogens (primary N) is 1. The molecule has 1 heterocycles. The van der Waals surface area contributed by atoms with Crippen LogP contribution in [0.15, 0.2) is 46.3 Å². The van der Waals surface area contributed by atoms with E-state index in [0.717, 1.165) is 17.8 Å². The molecule has 2 aromatic rings. The summed E-state index contributed by atoms with van der Waals surface area (Å²) in [6, 6.07) is 8.79. The zero-order valence-corrected chi connectivity index (χ0v) is 12.9. The number of esters is 1. The first kappa shape index (κ1) is 17.3. The van der Waals surface area contributed by atoms with E-state index in [4.69, 9.17) is 5.73 Å². The summed E-state index contributed by atoms with van der Waals surface area (Å²) < 4.78 is 43.2. The van der Waals surface area contributed by atoms with Crippen LogP contribution in [-0.4, -0.2) is 18.1 Å². The first-order valence-corrected chi connectivity index (χ1v) is 7.29. The van der Waals surface area contributed by atoms with Crippen molar-refractivity contribution in [2.24, 2.45) is 5.73 Å². The predicted molar refractivity (Wildman–Crippen MR) is 79.0 cm³/mol. The summed E-state index contributed by atoms with van der Waals surface area (Å²) in [6.07, 6.45) is -4.55. The van der Waals surface area contributed by atoms with Gasteiger partial charge in [0, 0.05) is 11.4 Å². The van der Waals surface area contributed by atoms with Crippen LogP contribution >= 0.6 is 11.8 Å². The Morgan fingerprint density at radius 1 is 1.30 bits per heavy atom. The Kier molecular flexibility index (Phi) is 5.27. The highest BCUT2D eigenvalue weighted by Gasteiger charge is 2.33. The molecule has 0 amide bonds. The molecule has 0 bridgehead atoms. The van der Waals surface area contributed by atoms with Gasteiger partial charge < -0.3 is 10.5 Å². The molecule has 122 valence electrons. The number of aromatic nitrogens is 1. The lowest BCUT2D eigenvalue weighted by Gasteiger charge is -2.10. The van der Waals surface area contributed by atoms with E-state index in [-0.39, 0.29) is 11.6 Å². The summed E-state index contributed by atoms with van der Waals surface area (Å²) >= 11 is 1.02. The van der Waals surface area contributed by atoms with Crippen molar-refractivity contribution in [1.82, 2.24) is 4.98 Å². The largest absolute Gasteiger partial charge is 0.465 e. The number of carbonyl (C=O) groups excluding carboxylic acids is 1. The summed E-state index contributed by atoms with van der Waals surface area (Å²) in [5, 5.41) is 0.155. The Balaban J connectivity index is 2.34. The Hall–Kier alpha value is -2.06. The standard InChI is InChI=1S/C15H13F3N2O2S/c1-22-14(21)10-3-2-4-11(7-10)23-13-6-9(8-19)5-12(20-13)15(16,17)18/h2-7H,8,19H2,1H3. The van der Waals surface area contributed by atoms with E-state index in [0.29, 0.717) is 16.0 Å². The van der Waals surface area contributed by atoms with Gasteiger partial charge >= 0.3 is 12.1 Å². The highest BCUT2D eigenvalue weighted by molar-refractivity contribution is 7.99. The number of pyridine rings is 1. The van der Waals surface area contributed by atoms with Crippen LogP contribution < -0.4 is 5.73 Å². The van der Waals surface area contributed by atoms with Crippen molar-refractivity contribution in [3.63, 3.8) is 0 Å². The second-order valence-electron chi connectivity index (χ2n) is 4.52.